The van der Waals surface area contributed by atoms with E-state index in [0.29, 0.717) is 28.3 Å². The molecule has 1 aliphatic rings. The predicted octanol–water partition coefficient (Wildman–Crippen LogP) is 4.19. The number of hydrogen-bond acceptors (Lipinski definition) is 6. The van der Waals surface area contributed by atoms with Crippen LogP contribution in [-0.2, 0) is 4.74 Å². The molecule has 0 spiro atoms. The van der Waals surface area contributed by atoms with Crippen molar-refractivity contribution in [3.8, 4) is 5.75 Å². The highest BCUT2D eigenvalue weighted by atomic mass is 16.5. The van der Waals surface area contributed by atoms with Gasteiger partial charge in [0.2, 0.25) is 0 Å². The summed E-state index contributed by atoms with van der Waals surface area (Å²) in [6.45, 7) is 3.64. The Bertz CT molecular complexity index is 1150. The molecule has 160 valence electrons. The van der Waals surface area contributed by atoms with Crippen LogP contribution in [-0.4, -0.2) is 44.2 Å². The second kappa shape index (κ2) is 8.63. The summed E-state index contributed by atoms with van der Waals surface area (Å²) < 4.78 is 10.1. The number of aryl methyl sites for hydroxylation is 1. The molecular weight excluding hydrogens is 394 g/mol. The quantitative estimate of drug-likeness (QED) is 0.625. The normalized spacial score (nSPS) is 13.3. The molecule has 31 heavy (non-hydrogen) atoms. The van der Waals surface area contributed by atoms with E-state index in [2.05, 4.69) is 15.2 Å². The summed E-state index contributed by atoms with van der Waals surface area (Å²) in [4.78, 5) is 32.1. The van der Waals surface area contributed by atoms with Crippen molar-refractivity contribution < 1.29 is 19.1 Å². The Morgan fingerprint density at radius 1 is 1.03 bits per heavy atom. The first-order valence-electron chi connectivity index (χ1n) is 10.2. The number of anilines is 2. The number of nitrogens with zero attached hydrogens (tertiary/aromatic N) is 2. The summed E-state index contributed by atoms with van der Waals surface area (Å²) in [7, 11) is 2.94. The molecule has 2 aromatic carbocycles. The van der Waals surface area contributed by atoms with Crippen molar-refractivity contribution in [1.29, 1.82) is 0 Å². The smallest absolute Gasteiger partial charge is 0.337 e. The van der Waals surface area contributed by atoms with Gasteiger partial charge in [0.15, 0.2) is 0 Å². The molecule has 0 unspecified atom stereocenters. The van der Waals surface area contributed by atoms with Gasteiger partial charge in [-0.25, -0.2) is 4.79 Å². The number of carbonyl (C=O) groups excluding carboxylic acids is 2. The highest BCUT2D eigenvalue weighted by molar-refractivity contribution is 6.09. The Hall–Kier alpha value is -3.61. The number of rotatable bonds is 5. The van der Waals surface area contributed by atoms with E-state index in [9.17, 15) is 9.59 Å². The average molecular weight is 419 g/mol. The van der Waals surface area contributed by atoms with Crippen LogP contribution in [0.1, 0.15) is 39.3 Å². The van der Waals surface area contributed by atoms with Crippen LogP contribution in [0.5, 0.6) is 5.75 Å². The Labute approximate surface area is 181 Å². The second-order valence-electron chi connectivity index (χ2n) is 7.55. The minimum Gasteiger partial charge on any atom is -0.497 e. The fourth-order valence-corrected chi connectivity index (χ4v) is 3.91. The van der Waals surface area contributed by atoms with Gasteiger partial charge in [0.1, 0.15) is 5.75 Å². The topological polar surface area (TPSA) is 80.8 Å². The van der Waals surface area contributed by atoms with Crippen LogP contribution in [0, 0.1) is 6.92 Å². The van der Waals surface area contributed by atoms with E-state index in [4.69, 9.17) is 9.47 Å². The summed E-state index contributed by atoms with van der Waals surface area (Å²) in [6, 6.07) is 12.6. The predicted molar refractivity (Wildman–Crippen MR) is 120 cm³/mol. The summed E-state index contributed by atoms with van der Waals surface area (Å²) in [5.41, 5.74) is 3.75. The second-order valence-corrected chi connectivity index (χ2v) is 7.55. The fourth-order valence-electron chi connectivity index (χ4n) is 3.91. The molecule has 0 aliphatic carbocycles. The third kappa shape index (κ3) is 4.17. The average Bonchev–Trinajstić information content (AvgIpc) is 3.32. The number of pyridine rings is 1. The zero-order chi connectivity index (χ0) is 22.0. The standard InChI is InChI=1S/C24H25N3O4/c1-15-19(13-17-12-18(30-2)7-8-20(17)25-15)23(28)26-21-14-16(24(29)31-3)6-9-22(21)27-10-4-5-11-27/h6-9,12-14H,4-5,10-11H2,1-3H3,(H,26,28). The van der Waals surface area contributed by atoms with Crippen LogP contribution >= 0.6 is 0 Å². The summed E-state index contributed by atoms with van der Waals surface area (Å²) >= 11 is 0. The van der Waals surface area contributed by atoms with Crippen LogP contribution in [0.3, 0.4) is 0 Å². The van der Waals surface area contributed by atoms with Crippen molar-refractivity contribution in [2.24, 2.45) is 0 Å². The minimum atomic E-state index is -0.445. The zero-order valence-corrected chi connectivity index (χ0v) is 17.9. The molecule has 7 nitrogen and oxygen atoms in total. The third-order valence-corrected chi connectivity index (χ3v) is 5.57. The van der Waals surface area contributed by atoms with E-state index < -0.39 is 5.97 Å². The first kappa shape index (κ1) is 20.7. The molecule has 0 bridgehead atoms. The molecule has 1 amide bonds. The molecule has 1 aliphatic heterocycles. The number of carbonyl (C=O) groups is 2. The molecule has 0 saturated carbocycles. The lowest BCUT2D eigenvalue weighted by molar-refractivity contribution is 0.0600. The molecule has 2 heterocycles. The van der Waals surface area contributed by atoms with Crippen LogP contribution in [0.25, 0.3) is 10.9 Å². The number of esters is 1. The minimum absolute atomic E-state index is 0.280. The van der Waals surface area contributed by atoms with Crippen molar-refractivity contribution in [2.45, 2.75) is 19.8 Å². The molecule has 1 aromatic heterocycles. The Morgan fingerprint density at radius 2 is 1.81 bits per heavy atom. The van der Waals surface area contributed by atoms with Gasteiger partial charge in [-0.1, -0.05) is 0 Å². The number of amides is 1. The molecule has 7 heteroatoms. The molecule has 0 radical (unpaired) electrons. The number of aromatic nitrogens is 1. The first-order chi connectivity index (χ1) is 15.0. The van der Waals surface area contributed by atoms with Gasteiger partial charge >= 0.3 is 5.97 Å². The summed E-state index contributed by atoms with van der Waals surface area (Å²) in [5, 5.41) is 3.82. The van der Waals surface area contributed by atoms with E-state index in [0.717, 1.165) is 42.5 Å². The fraction of sp³-hybridized carbons (Fsp3) is 0.292. The molecule has 4 rings (SSSR count). The van der Waals surface area contributed by atoms with Crippen LogP contribution in [0.2, 0.25) is 0 Å². The van der Waals surface area contributed by atoms with Gasteiger partial charge in [-0.15, -0.1) is 0 Å². The molecule has 3 aromatic rings. The van der Waals surface area contributed by atoms with Gasteiger partial charge in [0.25, 0.3) is 5.91 Å². The van der Waals surface area contributed by atoms with Crippen LogP contribution in [0.15, 0.2) is 42.5 Å². The number of ether oxygens (including phenoxy) is 2. The summed E-state index contributed by atoms with van der Waals surface area (Å²) in [5.74, 6) is -0.0251. The summed E-state index contributed by atoms with van der Waals surface area (Å²) in [6.07, 6.45) is 2.20. The molecular formula is C24H25N3O4. The number of hydrogen-bond donors (Lipinski definition) is 1. The SMILES string of the molecule is COC(=O)c1ccc(N2CCCC2)c(NC(=O)c2cc3cc(OC)ccc3nc2C)c1. The third-order valence-electron chi connectivity index (χ3n) is 5.57. The maximum absolute atomic E-state index is 13.2. The molecule has 1 fully saturated rings. The number of methoxy groups -OCH3 is 2. The van der Waals surface area contributed by atoms with Crippen molar-refractivity contribution in [3.05, 3.63) is 59.3 Å². The van der Waals surface area contributed by atoms with Gasteiger partial charge in [-0.05, 0) is 62.2 Å². The highest BCUT2D eigenvalue weighted by Gasteiger charge is 2.20. The van der Waals surface area contributed by atoms with E-state index in [1.54, 1.807) is 19.2 Å². The Kier molecular flexibility index (Phi) is 5.75. The number of benzene rings is 2. The van der Waals surface area contributed by atoms with Crippen LogP contribution < -0.4 is 15.0 Å². The lowest BCUT2D eigenvalue weighted by Gasteiger charge is -2.22. The van der Waals surface area contributed by atoms with Gasteiger partial charge in [0, 0.05) is 18.5 Å². The Balaban J connectivity index is 1.71. The van der Waals surface area contributed by atoms with Crippen LogP contribution in [0.4, 0.5) is 11.4 Å². The zero-order valence-electron chi connectivity index (χ0n) is 17.9. The van der Waals surface area contributed by atoms with Gasteiger partial charge in [-0.3, -0.25) is 9.78 Å². The largest absolute Gasteiger partial charge is 0.497 e. The van der Waals surface area contributed by atoms with Crippen molar-refractivity contribution in [1.82, 2.24) is 4.98 Å². The van der Waals surface area contributed by atoms with Crippen molar-refractivity contribution >= 4 is 34.2 Å². The van der Waals surface area contributed by atoms with E-state index in [1.165, 1.54) is 7.11 Å². The maximum atomic E-state index is 13.2. The van der Waals surface area contributed by atoms with E-state index in [-0.39, 0.29) is 5.91 Å². The Morgan fingerprint density at radius 3 is 2.52 bits per heavy atom. The van der Waals surface area contributed by atoms with Gasteiger partial charge in [-0.2, -0.15) is 0 Å². The number of fused-ring (bicyclic) bond motifs is 1. The monoisotopic (exact) mass is 419 g/mol. The van der Waals surface area contributed by atoms with E-state index >= 15 is 0 Å². The molecule has 1 saturated heterocycles. The number of nitrogens with one attached hydrogen (secondary N) is 1. The highest BCUT2D eigenvalue weighted by Crippen LogP contribution is 2.31. The lowest BCUT2D eigenvalue weighted by Crippen LogP contribution is -2.22. The lowest BCUT2D eigenvalue weighted by atomic mass is 10.1. The van der Waals surface area contributed by atoms with Crippen molar-refractivity contribution in [2.75, 3.05) is 37.5 Å². The van der Waals surface area contributed by atoms with Gasteiger partial charge in [0.05, 0.1) is 47.9 Å². The molecule has 0 atom stereocenters. The maximum Gasteiger partial charge on any atom is 0.337 e. The van der Waals surface area contributed by atoms with Crippen molar-refractivity contribution in [3.63, 3.8) is 0 Å². The first-order valence-corrected chi connectivity index (χ1v) is 10.2. The van der Waals surface area contributed by atoms with Gasteiger partial charge < -0.3 is 19.7 Å². The molecule has 1 N–H and O–H groups in total. The van der Waals surface area contributed by atoms with E-state index in [1.807, 2.05) is 37.3 Å².